The third-order valence-electron chi connectivity index (χ3n) is 4.30. The van der Waals surface area contributed by atoms with Crippen LogP contribution in [-0.2, 0) is 17.5 Å². The average Bonchev–Trinajstić information content (AvgIpc) is 3.10. The minimum atomic E-state index is -4.46. The lowest BCUT2D eigenvalue weighted by Gasteiger charge is -2.13. The lowest BCUT2D eigenvalue weighted by molar-refractivity contribution is -0.137. The maximum absolute atomic E-state index is 12.8. The summed E-state index contributed by atoms with van der Waals surface area (Å²) >= 11 is 0. The van der Waals surface area contributed by atoms with E-state index >= 15 is 0 Å². The predicted molar refractivity (Wildman–Crippen MR) is 81.7 cm³/mol. The van der Waals surface area contributed by atoms with Crippen LogP contribution in [0.15, 0.2) is 18.2 Å². The highest BCUT2D eigenvalue weighted by Gasteiger charge is 2.52. The van der Waals surface area contributed by atoms with Crippen LogP contribution in [-0.4, -0.2) is 5.91 Å². The number of amides is 1. The molecule has 0 spiro atoms. The Morgan fingerprint density at radius 3 is 2.50 bits per heavy atom. The Balaban J connectivity index is 0.00000242. The highest BCUT2D eigenvalue weighted by Crippen LogP contribution is 2.55. The van der Waals surface area contributed by atoms with Crippen LogP contribution < -0.4 is 11.1 Å². The van der Waals surface area contributed by atoms with E-state index in [1.807, 2.05) is 13.8 Å². The van der Waals surface area contributed by atoms with Crippen LogP contribution in [0.25, 0.3) is 0 Å². The molecule has 0 saturated heterocycles. The van der Waals surface area contributed by atoms with E-state index < -0.39 is 11.7 Å². The molecule has 0 aliphatic heterocycles. The van der Waals surface area contributed by atoms with Gasteiger partial charge in [0, 0.05) is 18.2 Å². The van der Waals surface area contributed by atoms with Crippen molar-refractivity contribution in [2.24, 2.45) is 17.1 Å². The fourth-order valence-corrected chi connectivity index (χ4v) is 2.48. The van der Waals surface area contributed by atoms with Crippen molar-refractivity contribution in [2.75, 3.05) is 5.32 Å². The van der Waals surface area contributed by atoms with Crippen LogP contribution in [0.1, 0.15) is 37.8 Å². The topological polar surface area (TPSA) is 55.1 Å². The van der Waals surface area contributed by atoms with Gasteiger partial charge in [0.25, 0.3) is 0 Å². The molecule has 1 aliphatic carbocycles. The molecule has 3 N–H and O–H groups in total. The van der Waals surface area contributed by atoms with Crippen molar-refractivity contribution < 1.29 is 18.0 Å². The molecule has 1 aromatic rings. The summed E-state index contributed by atoms with van der Waals surface area (Å²) in [4.78, 5) is 12.1. The zero-order chi connectivity index (χ0) is 15.8. The highest BCUT2D eigenvalue weighted by molar-refractivity contribution is 5.95. The van der Waals surface area contributed by atoms with Gasteiger partial charge in [0.2, 0.25) is 5.91 Å². The smallest absolute Gasteiger partial charge is 0.326 e. The van der Waals surface area contributed by atoms with Gasteiger partial charge < -0.3 is 11.1 Å². The molecule has 1 aromatic carbocycles. The highest BCUT2D eigenvalue weighted by atomic mass is 35.5. The summed E-state index contributed by atoms with van der Waals surface area (Å²) in [6, 6.07) is 3.43. The minimum absolute atomic E-state index is 0. The standard InChI is InChI=1S/C15H19F3N2O.ClH/c1-3-14(2)7-12(14)13(21)20-11-5-9(8-19)4-10(6-11)15(16,17)18;/h4-6,12H,3,7-8,19H2,1-2H3,(H,20,21);1H. The van der Waals surface area contributed by atoms with E-state index in [0.717, 1.165) is 25.0 Å². The number of carbonyl (C=O) groups is 1. The quantitative estimate of drug-likeness (QED) is 0.874. The van der Waals surface area contributed by atoms with E-state index in [-0.39, 0.29) is 41.9 Å². The summed E-state index contributed by atoms with van der Waals surface area (Å²) in [6.07, 6.45) is -2.80. The molecule has 0 heterocycles. The monoisotopic (exact) mass is 336 g/mol. The number of alkyl halides is 3. The number of halogens is 4. The number of benzene rings is 1. The van der Waals surface area contributed by atoms with Gasteiger partial charge in [-0.05, 0) is 42.0 Å². The van der Waals surface area contributed by atoms with Gasteiger partial charge in [-0.3, -0.25) is 4.79 Å². The minimum Gasteiger partial charge on any atom is -0.326 e. The first-order valence-electron chi connectivity index (χ1n) is 6.91. The van der Waals surface area contributed by atoms with Crippen LogP contribution in [0.3, 0.4) is 0 Å². The number of hydrogen-bond donors (Lipinski definition) is 2. The third kappa shape index (κ3) is 3.93. The van der Waals surface area contributed by atoms with Crippen LogP contribution in [0.2, 0.25) is 0 Å². The molecule has 3 nitrogen and oxygen atoms in total. The number of carbonyl (C=O) groups excluding carboxylic acids is 1. The van der Waals surface area contributed by atoms with Crippen molar-refractivity contribution in [3.05, 3.63) is 29.3 Å². The predicted octanol–water partition coefficient (Wildman–Crippen LogP) is 3.96. The molecule has 1 amide bonds. The van der Waals surface area contributed by atoms with Gasteiger partial charge in [0.15, 0.2) is 0 Å². The van der Waals surface area contributed by atoms with Crippen molar-refractivity contribution >= 4 is 24.0 Å². The lowest BCUT2D eigenvalue weighted by atomic mass is 10.0. The Bertz CT molecular complexity index is 562. The van der Waals surface area contributed by atoms with E-state index in [4.69, 9.17) is 5.73 Å². The maximum atomic E-state index is 12.8. The Morgan fingerprint density at radius 2 is 2.05 bits per heavy atom. The van der Waals surface area contributed by atoms with Crippen LogP contribution in [0.5, 0.6) is 0 Å². The molecule has 0 aromatic heterocycles. The molecular weight excluding hydrogens is 317 g/mol. The molecule has 1 fully saturated rings. The summed E-state index contributed by atoms with van der Waals surface area (Å²) in [7, 11) is 0. The Kier molecular flexibility index (Phi) is 5.51. The maximum Gasteiger partial charge on any atom is 0.416 e. The number of hydrogen-bond acceptors (Lipinski definition) is 2. The van der Waals surface area contributed by atoms with E-state index in [1.54, 1.807) is 0 Å². The molecular formula is C15H20ClF3N2O. The van der Waals surface area contributed by atoms with E-state index in [0.29, 0.717) is 5.56 Å². The van der Waals surface area contributed by atoms with Crippen LogP contribution >= 0.6 is 12.4 Å². The Hall–Kier alpha value is -1.27. The molecule has 124 valence electrons. The lowest BCUT2D eigenvalue weighted by Crippen LogP contribution is -2.18. The van der Waals surface area contributed by atoms with Crippen molar-refractivity contribution in [2.45, 2.75) is 39.4 Å². The fourth-order valence-electron chi connectivity index (χ4n) is 2.48. The summed E-state index contributed by atoms with van der Waals surface area (Å²) in [6.45, 7) is 4.00. The van der Waals surface area contributed by atoms with Crippen molar-refractivity contribution in [1.29, 1.82) is 0 Å². The second-order valence-corrected chi connectivity index (χ2v) is 5.87. The Labute approximate surface area is 133 Å². The molecule has 22 heavy (non-hydrogen) atoms. The van der Waals surface area contributed by atoms with Gasteiger partial charge >= 0.3 is 6.18 Å². The molecule has 2 rings (SSSR count). The molecule has 1 saturated carbocycles. The number of rotatable bonds is 4. The number of nitrogens with one attached hydrogen (secondary N) is 1. The molecule has 0 bridgehead atoms. The molecule has 2 unspecified atom stereocenters. The van der Waals surface area contributed by atoms with Crippen molar-refractivity contribution in [3.8, 4) is 0 Å². The number of nitrogens with two attached hydrogens (primary N) is 1. The van der Waals surface area contributed by atoms with Crippen molar-refractivity contribution in [1.82, 2.24) is 0 Å². The SMILES string of the molecule is CCC1(C)CC1C(=O)Nc1cc(CN)cc(C(F)(F)F)c1.Cl. The number of anilines is 1. The first kappa shape index (κ1) is 18.8. The molecule has 0 radical (unpaired) electrons. The first-order chi connectivity index (χ1) is 9.69. The summed E-state index contributed by atoms with van der Waals surface area (Å²) in [5.74, 6) is -0.347. The second-order valence-electron chi connectivity index (χ2n) is 5.87. The van der Waals surface area contributed by atoms with E-state index in [9.17, 15) is 18.0 Å². The largest absolute Gasteiger partial charge is 0.416 e. The van der Waals surface area contributed by atoms with Gasteiger partial charge in [0.1, 0.15) is 0 Å². The summed E-state index contributed by atoms with van der Waals surface area (Å²) < 4.78 is 38.5. The van der Waals surface area contributed by atoms with Crippen LogP contribution in [0, 0.1) is 11.3 Å². The van der Waals surface area contributed by atoms with E-state index in [1.165, 1.54) is 6.07 Å². The normalized spacial score (nSPS) is 23.6. The fraction of sp³-hybridized carbons (Fsp3) is 0.533. The molecule has 1 aliphatic rings. The zero-order valence-electron chi connectivity index (χ0n) is 12.5. The summed E-state index contributed by atoms with van der Waals surface area (Å²) in [5, 5.41) is 2.59. The van der Waals surface area contributed by atoms with Crippen LogP contribution in [0.4, 0.5) is 18.9 Å². The van der Waals surface area contributed by atoms with Gasteiger partial charge in [0.05, 0.1) is 5.56 Å². The first-order valence-corrected chi connectivity index (χ1v) is 6.91. The van der Waals surface area contributed by atoms with Gasteiger partial charge in [-0.1, -0.05) is 13.8 Å². The second kappa shape index (κ2) is 6.46. The average molecular weight is 337 g/mol. The van der Waals surface area contributed by atoms with Crippen molar-refractivity contribution in [3.63, 3.8) is 0 Å². The van der Waals surface area contributed by atoms with Gasteiger partial charge in [-0.2, -0.15) is 13.2 Å². The summed E-state index contributed by atoms with van der Waals surface area (Å²) in [5.41, 5.74) is 5.09. The zero-order valence-corrected chi connectivity index (χ0v) is 13.3. The van der Waals surface area contributed by atoms with E-state index in [2.05, 4.69) is 5.32 Å². The Morgan fingerprint density at radius 1 is 1.41 bits per heavy atom. The van der Waals surface area contributed by atoms with Gasteiger partial charge in [-0.25, -0.2) is 0 Å². The van der Waals surface area contributed by atoms with Gasteiger partial charge in [-0.15, -0.1) is 12.4 Å². The molecule has 2 atom stereocenters. The third-order valence-corrected chi connectivity index (χ3v) is 4.30. The molecule has 7 heteroatoms.